The van der Waals surface area contributed by atoms with Crippen LogP contribution in [-0.4, -0.2) is 12.6 Å². The summed E-state index contributed by atoms with van der Waals surface area (Å²) in [4.78, 5) is 0. The predicted molar refractivity (Wildman–Crippen MR) is 61.0 cm³/mol. The minimum atomic E-state index is -1.16. The molecule has 0 radical (unpaired) electrons. The van der Waals surface area contributed by atoms with Gasteiger partial charge in [-0.05, 0) is 43.7 Å². The summed E-state index contributed by atoms with van der Waals surface area (Å²) >= 11 is 0. The van der Waals surface area contributed by atoms with Gasteiger partial charge in [0.05, 0.1) is 0 Å². The number of nitrogens with one attached hydrogen (secondary N) is 1. The van der Waals surface area contributed by atoms with Crippen LogP contribution in [0.25, 0.3) is 11.0 Å². The molecule has 0 aliphatic carbocycles. The zero-order chi connectivity index (χ0) is 11.8. The Morgan fingerprint density at radius 1 is 1.35 bits per heavy atom. The first-order valence-corrected chi connectivity index (χ1v) is 5.80. The molecule has 1 aromatic heterocycles. The number of benzene rings is 1. The molecule has 1 aromatic carbocycles. The maximum atomic E-state index is 14.1. The highest BCUT2D eigenvalue weighted by Gasteiger charge is 2.28. The van der Waals surface area contributed by atoms with Crippen LogP contribution < -0.4 is 5.32 Å². The molecule has 0 bridgehead atoms. The first-order chi connectivity index (χ1) is 8.24. The van der Waals surface area contributed by atoms with Gasteiger partial charge in [-0.15, -0.1) is 0 Å². The molecule has 2 heterocycles. The fourth-order valence-electron chi connectivity index (χ4n) is 2.33. The van der Waals surface area contributed by atoms with E-state index in [1.165, 1.54) is 18.2 Å². The molecular formula is C13H13F2NO. The first-order valence-electron chi connectivity index (χ1n) is 5.80. The molecule has 1 fully saturated rings. The van der Waals surface area contributed by atoms with E-state index in [1.54, 1.807) is 6.07 Å². The van der Waals surface area contributed by atoms with E-state index in [4.69, 9.17) is 4.42 Å². The van der Waals surface area contributed by atoms with Crippen molar-refractivity contribution in [3.8, 4) is 0 Å². The Labute approximate surface area is 97.6 Å². The van der Waals surface area contributed by atoms with Crippen LogP contribution in [0.3, 0.4) is 0 Å². The van der Waals surface area contributed by atoms with Gasteiger partial charge in [0.2, 0.25) is 0 Å². The van der Waals surface area contributed by atoms with Gasteiger partial charge in [-0.25, -0.2) is 8.78 Å². The summed E-state index contributed by atoms with van der Waals surface area (Å²) in [5.41, 5.74) is 0.530. The smallest absolute Gasteiger partial charge is 0.173 e. The van der Waals surface area contributed by atoms with Crippen LogP contribution in [-0.2, 0) is 0 Å². The summed E-state index contributed by atoms with van der Waals surface area (Å²) < 4.78 is 32.5. The molecule has 4 heteroatoms. The highest BCUT2D eigenvalue weighted by Crippen LogP contribution is 2.31. The largest absolute Gasteiger partial charge is 0.458 e. The quantitative estimate of drug-likeness (QED) is 0.866. The molecule has 1 saturated heterocycles. The SMILES string of the molecule is Fc1ccc2oc(C(F)C3CCCN3)cc2c1. The van der Waals surface area contributed by atoms with E-state index in [2.05, 4.69) is 5.32 Å². The van der Waals surface area contributed by atoms with Crippen molar-refractivity contribution >= 4 is 11.0 Å². The lowest BCUT2D eigenvalue weighted by molar-refractivity contribution is 0.234. The van der Waals surface area contributed by atoms with Crippen LogP contribution >= 0.6 is 0 Å². The lowest BCUT2D eigenvalue weighted by Crippen LogP contribution is -2.26. The second kappa shape index (κ2) is 4.11. The van der Waals surface area contributed by atoms with Crippen molar-refractivity contribution in [3.63, 3.8) is 0 Å². The van der Waals surface area contributed by atoms with Crippen LogP contribution in [0.5, 0.6) is 0 Å². The van der Waals surface area contributed by atoms with Gasteiger partial charge in [-0.1, -0.05) is 0 Å². The summed E-state index contributed by atoms with van der Waals surface area (Å²) in [7, 11) is 0. The predicted octanol–water partition coefficient (Wildman–Crippen LogP) is 3.33. The normalized spacial score (nSPS) is 22.1. The fourth-order valence-corrected chi connectivity index (χ4v) is 2.33. The molecule has 0 saturated carbocycles. The Balaban J connectivity index is 1.94. The summed E-state index contributed by atoms with van der Waals surface area (Å²) in [6, 6.07) is 5.61. The third kappa shape index (κ3) is 1.93. The van der Waals surface area contributed by atoms with Crippen molar-refractivity contribution in [2.45, 2.75) is 25.1 Å². The van der Waals surface area contributed by atoms with Crippen LogP contribution in [0.15, 0.2) is 28.7 Å². The van der Waals surface area contributed by atoms with Crippen LogP contribution in [0, 0.1) is 5.82 Å². The summed E-state index contributed by atoms with van der Waals surface area (Å²) in [6.45, 7) is 0.847. The van der Waals surface area contributed by atoms with E-state index in [0.717, 1.165) is 19.4 Å². The molecular weight excluding hydrogens is 224 g/mol. The topological polar surface area (TPSA) is 25.2 Å². The minimum absolute atomic E-state index is 0.180. The molecule has 2 nitrogen and oxygen atoms in total. The average Bonchev–Trinajstić information content (AvgIpc) is 2.96. The van der Waals surface area contributed by atoms with Crippen molar-refractivity contribution in [1.82, 2.24) is 5.32 Å². The van der Waals surface area contributed by atoms with Crippen molar-refractivity contribution in [2.75, 3.05) is 6.54 Å². The molecule has 90 valence electrons. The first kappa shape index (κ1) is 10.7. The highest BCUT2D eigenvalue weighted by molar-refractivity contribution is 5.78. The van der Waals surface area contributed by atoms with E-state index < -0.39 is 6.17 Å². The third-order valence-corrected chi connectivity index (χ3v) is 3.22. The third-order valence-electron chi connectivity index (χ3n) is 3.22. The van der Waals surface area contributed by atoms with Gasteiger partial charge in [0.15, 0.2) is 6.17 Å². The van der Waals surface area contributed by atoms with E-state index in [9.17, 15) is 8.78 Å². The second-order valence-electron chi connectivity index (χ2n) is 4.44. The van der Waals surface area contributed by atoms with Crippen molar-refractivity contribution in [2.24, 2.45) is 0 Å². The number of fused-ring (bicyclic) bond motifs is 1. The molecule has 17 heavy (non-hydrogen) atoms. The van der Waals surface area contributed by atoms with Crippen molar-refractivity contribution in [3.05, 3.63) is 35.8 Å². The van der Waals surface area contributed by atoms with Crippen LogP contribution in [0.2, 0.25) is 0 Å². The molecule has 0 spiro atoms. The number of furan rings is 1. The van der Waals surface area contributed by atoms with Gasteiger partial charge >= 0.3 is 0 Å². The summed E-state index contributed by atoms with van der Waals surface area (Å²) in [5, 5.41) is 3.71. The van der Waals surface area contributed by atoms with E-state index in [1.807, 2.05) is 0 Å². The Kier molecular flexibility index (Phi) is 2.59. The van der Waals surface area contributed by atoms with E-state index >= 15 is 0 Å². The Hall–Kier alpha value is -1.42. The number of hydrogen-bond donors (Lipinski definition) is 1. The number of halogens is 2. The lowest BCUT2D eigenvalue weighted by atomic mass is 10.1. The average molecular weight is 237 g/mol. The minimum Gasteiger partial charge on any atom is -0.458 e. The molecule has 2 aromatic rings. The van der Waals surface area contributed by atoms with Gasteiger partial charge in [0.25, 0.3) is 0 Å². The Bertz CT molecular complexity index is 531. The van der Waals surface area contributed by atoms with Crippen LogP contribution in [0.1, 0.15) is 24.8 Å². The van der Waals surface area contributed by atoms with Gasteiger partial charge < -0.3 is 9.73 Å². The Morgan fingerprint density at radius 3 is 3.00 bits per heavy atom. The molecule has 1 N–H and O–H groups in total. The Morgan fingerprint density at radius 2 is 2.24 bits per heavy atom. The monoisotopic (exact) mass is 237 g/mol. The van der Waals surface area contributed by atoms with Gasteiger partial charge in [-0.3, -0.25) is 0 Å². The molecule has 1 aliphatic heterocycles. The standard InChI is InChI=1S/C13H13F2NO/c14-9-3-4-11-8(6-9)7-12(17-11)13(15)10-2-1-5-16-10/h3-4,6-7,10,13,16H,1-2,5H2. The van der Waals surface area contributed by atoms with Gasteiger partial charge in [0.1, 0.15) is 17.2 Å². The molecule has 2 atom stereocenters. The maximum absolute atomic E-state index is 14.1. The fraction of sp³-hybridized carbons (Fsp3) is 0.385. The van der Waals surface area contributed by atoms with E-state index in [0.29, 0.717) is 11.0 Å². The number of alkyl halides is 1. The highest BCUT2D eigenvalue weighted by atomic mass is 19.1. The zero-order valence-electron chi connectivity index (χ0n) is 9.25. The number of hydrogen-bond acceptors (Lipinski definition) is 2. The molecule has 1 aliphatic rings. The van der Waals surface area contributed by atoms with E-state index in [-0.39, 0.29) is 17.6 Å². The molecule has 0 amide bonds. The second-order valence-corrected chi connectivity index (χ2v) is 4.44. The molecule has 3 rings (SSSR count). The van der Waals surface area contributed by atoms with Gasteiger partial charge in [-0.2, -0.15) is 0 Å². The molecule has 2 unspecified atom stereocenters. The zero-order valence-corrected chi connectivity index (χ0v) is 9.25. The van der Waals surface area contributed by atoms with Crippen molar-refractivity contribution < 1.29 is 13.2 Å². The summed E-state index contributed by atoms with van der Waals surface area (Å²) in [5.74, 6) is -0.0516. The lowest BCUT2D eigenvalue weighted by Gasteiger charge is -2.12. The maximum Gasteiger partial charge on any atom is 0.173 e. The van der Waals surface area contributed by atoms with Gasteiger partial charge in [0, 0.05) is 11.4 Å². The number of rotatable bonds is 2. The van der Waals surface area contributed by atoms with Crippen LogP contribution in [0.4, 0.5) is 8.78 Å². The summed E-state index contributed by atoms with van der Waals surface area (Å²) in [6.07, 6.45) is 0.639. The van der Waals surface area contributed by atoms with Crippen molar-refractivity contribution in [1.29, 1.82) is 0 Å².